The average molecular weight is 271 g/mol. The number of esters is 1. The fraction of sp³-hybridized carbons (Fsp3) is 0.0909. The second-order valence-electron chi connectivity index (χ2n) is 3.08. The van der Waals surface area contributed by atoms with E-state index in [0.717, 1.165) is 11.3 Å². The van der Waals surface area contributed by atoms with Crippen LogP contribution in [0.2, 0.25) is 4.34 Å². The van der Waals surface area contributed by atoms with Gasteiger partial charge in [0.2, 0.25) is 11.5 Å². The predicted molar refractivity (Wildman–Crippen MR) is 62.7 cm³/mol. The topological polar surface area (TPSA) is 56.5 Å². The maximum atomic E-state index is 11.6. The maximum Gasteiger partial charge on any atom is 0.374 e. The number of halogens is 1. The molecule has 88 valence electrons. The van der Waals surface area contributed by atoms with Gasteiger partial charge in [-0.15, -0.1) is 11.3 Å². The van der Waals surface area contributed by atoms with Gasteiger partial charge in [0.05, 0.1) is 15.5 Å². The third-order valence-corrected chi connectivity index (χ3v) is 3.18. The van der Waals surface area contributed by atoms with Crippen LogP contribution < -0.4 is 0 Å². The van der Waals surface area contributed by atoms with Crippen LogP contribution >= 0.6 is 22.9 Å². The average Bonchev–Trinajstić information content (AvgIpc) is 2.95. The number of hydrogen-bond donors (Lipinski definition) is 0. The van der Waals surface area contributed by atoms with Crippen LogP contribution in [0.1, 0.15) is 20.2 Å². The van der Waals surface area contributed by atoms with E-state index in [1.807, 2.05) is 0 Å². The lowest BCUT2D eigenvalue weighted by Crippen LogP contribution is -2.12. The van der Waals surface area contributed by atoms with E-state index in [2.05, 4.69) is 0 Å². The molecule has 0 aliphatic heterocycles. The van der Waals surface area contributed by atoms with Crippen molar-refractivity contribution in [3.8, 4) is 0 Å². The number of Topliss-reactive ketones (excluding diaryl/α,β-unsaturated/α-hetero) is 1. The fourth-order valence-electron chi connectivity index (χ4n) is 1.13. The van der Waals surface area contributed by atoms with Gasteiger partial charge in [-0.3, -0.25) is 4.79 Å². The predicted octanol–water partition coefficient (Wildman–Crippen LogP) is 3.03. The lowest BCUT2D eigenvalue weighted by Gasteiger charge is -2.00. The molecule has 17 heavy (non-hydrogen) atoms. The highest BCUT2D eigenvalue weighted by Gasteiger charge is 2.14. The molecule has 2 aromatic rings. The summed E-state index contributed by atoms with van der Waals surface area (Å²) in [7, 11) is 0. The van der Waals surface area contributed by atoms with E-state index in [0.29, 0.717) is 9.21 Å². The zero-order chi connectivity index (χ0) is 12.3. The Morgan fingerprint density at radius 2 is 2.18 bits per heavy atom. The molecular formula is C11H7ClO4S. The molecular weight excluding hydrogens is 264 g/mol. The van der Waals surface area contributed by atoms with E-state index in [9.17, 15) is 9.59 Å². The highest BCUT2D eigenvalue weighted by atomic mass is 35.5. The van der Waals surface area contributed by atoms with Gasteiger partial charge in [0.15, 0.2) is 6.61 Å². The number of ketones is 1. The zero-order valence-electron chi connectivity index (χ0n) is 8.51. The first-order chi connectivity index (χ1) is 8.16. The summed E-state index contributed by atoms with van der Waals surface area (Å²) in [5, 5.41) is 0. The molecule has 2 heterocycles. The first-order valence-corrected chi connectivity index (χ1v) is 5.85. The number of thiophene rings is 1. The van der Waals surface area contributed by atoms with Crippen molar-refractivity contribution in [1.29, 1.82) is 0 Å². The van der Waals surface area contributed by atoms with Crippen LogP contribution in [0.15, 0.2) is 34.9 Å². The van der Waals surface area contributed by atoms with Crippen LogP contribution in [0.3, 0.4) is 0 Å². The minimum atomic E-state index is -0.661. The molecule has 0 saturated heterocycles. The van der Waals surface area contributed by atoms with E-state index in [-0.39, 0.29) is 18.2 Å². The second-order valence-corrected chi connectivity index (χ2v) is 4.80. The van der Waals surface area contributed by atoms with Crippen molar-refractivity contribution in [2.45, 2.75) is 0 Å². The summed E-state index contributed by atoms with van der Waals surface area (Å²) >= 11 is 6.84. The van der Waals surface area contributed by atoms with Crippen LogP contribution in [0.4, 0.5) is 0 Å². The summed E-state index contributed by atoms with van der Waals surface area (Å²) in [4.78, 5) is 23.4. The van der Waals surface area contributed by atoms with Crippen LogP contribution in [-0.4, -0.2) is 18.4 Å². The first kappa shape index (κ1) is 11.9. The molecule has 6 heteroatoms. The Bertz CT molecular complexity index is 529. The number of furan rings is 1. The molecule has 0 N–H and O–H groups in total. The van der Waals surface area contributed by atoms with Gasteiger partial charge in [-0.2, -0.15) is 0 Å². The van der Waals surface area contributed by atoms with Gasteiger partial charge in [-0.25, -0.2) is 4.79 Å². The van der Waals surface area contributed by atoms with E-state index >= 15 is 0 Å². The van der Waals surface area contributed by atoms with Gasteiger partial charge in [0.25, 0.3) is 0 Å². The Kier molecular flexibility index (Phi) is 3.61. The quantitative estimate of drug-likeness (QED) is 0.633. The van der Waals surface area contributed by atoms with Gasteiger partial charge < -0.3 is 9.15 Å². The Hall–Kier alpha value is -1.59. The van der Waals surface area contributed by atoms with Crippen molar-refractivity contribution in [2.24, 2.45) is 0 Å². The maximum absolute atomic E-state index is 11.6. The molecule has 0 bridgehead atoms. The molecule has 2 aromatic heterocycles. The SMILES string of the molecule is O=C(OCC(=O)c1ccc(Cl)s1)c1ccco1. The van der Waals surface area contributed by atoms with Crippen LogP contribution in [0.25, 0.3) is 0 Å². The number of rotatable bonds is 4. The molecule has 0 aromatic carbocycles. The number of ether oxygens (including phenoxy) is 1. The minimum Gasteiger partial charge on any atom is -0.457 e. The van der Waals surface area contributed by atoms with Crippen molar-refractivity contribution in [2.75, 3.05) is 6.61 Å². The lowest BCUT2D eigenvalue weighted by atomic mass is 10.3. The van der Waals surface area contributed by atoms with E-state index in [1.54, 1.807) is 18.2 Å². The van der Waals surface area contributed by atoms with Crippen molar-refractivity contribution in [3.05, 3.63) is 45.5 Å². The lowest BCUT2D eigenvalue weighted by molar-refractivity contribution is 0.0445. The van der Waals surface area contributed by atoms with Crippen LogP contribution in [0.5, 0.6) is 0 Å². The minimum absolute atomic E-state index is 0.0713. The third kappa shape index (κ3) is 2.95. The van der Waals surface area contributed by atoms with E-state index in [4.69, 9.17) is 20.8 Å². The largest absolute Gasteiger partial charge is 0.457 e. The molecule has 2 rings (SSSR count). The smallest absolute Gasteiger partial charge is 0.374 e. The normalized spacial score (nSPS) is 10.2. The Labute approximate surface area is 106 Å². The summed E-state index contributed by atoms with van der Waals surface area (Å²) < 4.78 is 10.1. The number of hydrogen-bond acceptors (Lipinski definition) is 5. The van der Waals surface area contributed by atoms with Gasteiger partial charge in [0, 0.05) is 0 Å². The summed E-state index contributed by atoms with van der Waals surface area (Å²) in [5.41, 5.74) is 0. The Balaban J connectivity index is 1.91. The highest BCUT2D eigenvalue weighted by Crippen LogP contribution is 2.21. The van der Waals surface area contributed by atoms with Gasteiger partial charge in [-0.05, 0) is 24.3 Å². The molecule has 0 aliphatic rings. The Morgan fingerprint density at radius 3 is 2.76 bits per heavy atom. The van der Waals surface area contributed by atoms with Gasteiger partial charge in [0.1, 0.15) is 0 Å². The van der Waals surface area contributed by atoms with Crippen molar-refractivity contribution >= 4 is 34.7 Å². The third-order valence-electron chi connectivity index (χ3n) is 1.90. The second kappa shape index (κ2) is 5.16. The van der Waals surface area contributed by atoms with Crippen LogP contribution in [0, 0.1) is 0 Å². The van der Waals surface area contributed by atoms with Crippen molar-refractivity contribution in [1.82, 2.24) is 0 Å². The molecule has 4 nitrogen and oxygen atoms in total. The molecule has 0 aliphatic carbocycles. The van der Waals surface area contributed by atoms with E-state index in [1.165, 1.54) is 12.3 Å². The molecule has 0 fully saturated rings. The first-order valence-electron chi connectivity index (χ1n) is 4.66. The zero-order valence-corrected chi connectivity index (χ0v) is 10.1. The highest BCUT2D eigenvalue weighted by molar-refractivity contribution is 7.18. The molecule has 0 atom stereocenters. The van der Waals surface area contributed by atoms with Crippen molar-refractivity contribution < 1.29 is 18.7 Å². The number of carbonyl (C=O) groups excluding carboxylic acids is 2. The Morgan fingerprint density at radius 1 is 1.35 bits per heavy atom. The molecule has 0 spiro atoms. The molecule has 0 saturated carbocycles. The fourth-order valence-corrected chi connectivity index (χ4v) is 2.10. The van der Waals surface area contributed by atoms with Crippen molar-refractivity contribution in [3.63, 3.8) is 0 Å². The summed E-state index contributed by atoms with van der Waals surface area (Å²) in [6.07, 6.45) is 1.36. The molecule has 0 amide bonds. The standard InChI is InChI=1S/C11H7ClO4S/c12-10-4-3-9(17-10)7(13)6-16-11(14)8-2-1-5-15-8/h1-5H,6H2. The van der Waals surface area contributed by atoms with Gasteiger partial charge >= 0.3 is 5.97 Å². The number of carbonyl (C=O) groups is 2. The molecule has 0 radical (unpaired) electrons. The monoisotopic (exact) mass is 270 g/mol. The summed E-state index contributed by atoms with van der Waals surface area (Å²) in [6, 6.07) is 6.25. The summed E-state index contributed by atoms with van der Waals surface area (Å²) in [5.74, 6) is -0.880. The van der Waals surface area contributed by atoms with Gasteiger partial charge in [-0.1, -0.05) is 11.6 Å². The van der Waals surface area contributed by atoms with E-state index < -0.39 is 5.97 Å². The molecule has 0 unspecified atom stereocenters. The van der Waals surface area contributed by atoms with Crippen LogP contribution in [-0.2, 0) is 4.74 Å². The summed E-state index contributed by atoms with van der Waals surface area (Å²) in [6.45, 7) is -0.323.